The lowest BCUT2D eigenvalue weighted by Crippen LogP contribution is -2.45. The third-order valence-electron chi connectivity index (χ3n) is 6.44. The molecule has 1 aromatic rings. The highest BCUT2D eigenvalue weighted by molar-refractivity contribution is 9.10. The molecule has 0 unspecified atom stereocenters. The average Bonchev–Trinajstić information content (AvgIpc) is 2.97. The molecular formula is C28H42BrNO4. The summed E-state index contributed by atoms with van der Waals surface area (Å²) >= 11 is 3.55. The third-order valence-corrected chi connectivity index (χ3v) is 6.94. The van der Waals surface area contributed by atoms with Crippen molar-refractivity contribution in [1.29, 1.82) is 0 Å². The zero-order valence-electron chi connectivity index (χ0n) is 21.1. The van der Waals surface area contributed by atoms with Crippen molar-refractivity contribution in [3.8, 4) is 0 Å². The molecule has 2 aliphatic rings. The maximum Gasteiger partial charge on any atom is 0.306 e. The van der Waals surface area contributed by atoms with Crippen molar-refractivity contribution in [2.45, 2.75) is 103 Å². The van der Waals surface area contributed by atoms with Gasteiger partial charge in [-0.15, -0.1) is 0 Å². The van der Waals surface area contributed by atoms with Crippen molar-refractivity contribution < 1.29 is 19.0 Å². The fourth-order valence-electron chi connectivity index (χ4n) is 4.90. The van der Waals surface area contributed by atoms with Gasteiger partial charge in [-0.25, -0.2) is 0 Å². The molecule has 3 rings (SSSR count). The highest BCUT2D eigenvalue weighted by Gasteiger charge is 2.40. The molecule has 0 spiro atoms. The van der Waals surface area contributed by atoms with Crippen molar-refractivity contribution in [2.75, 3.05) is 19.7 Å². The van der Waals surface area contributed by atoms with Gasteiger partial charge in [-0.2, -0.15) is 0 Å². The summed E-state index contributed by atoms with van der Waals surface area (Å²) in [6, 6.07) is 8.73. The van der Waals surface area contributed by atoms with Crippen LogP contribution in [0, 0.1) is 0 Å². The van der Waals surface area contributed by atoms with Gasteiger partial charge in [0.1, 0.15) is 5.60 Å². The van der Waals surface area contributed by atoms with E-state index < -0.39 is 5.60 Å². The van der Waals surface area contributed by atoms with Gasteiger partial charge in [0.25, 0.3) is 0 Å². The number of rotatable bonds is 10. The van der Waals surface area contributed by atoms with Crippen molar-refractivity contribution >= 4 is 21.9 Å². The molecule has 3 atom stereocenters. The minimum atomic E-state index is -0.431. The number of hydrogen-bond acceptors (Lipinski definition) is 5. The fraction of sp³-hybridized carbons (Fsp3) is 0.679. The number of carbonyl (C=O) groups excluding carboxylic acids is 1. The van der Waals surface area contributed by atoms with E-state index in [1.807, 2.05) is 45.1 Å². The summed E-state index contributed by atoms with van der Waals surface area (Å²) in [6.07, 6.45) is 12.7. The van der Waals surface area contributed by atoms with E-state index in [4.69, 9.17) is 14.2 Å². The van der Waals surface area contributed by atoms with Crippen LogP contribution in [0.3, 0.4) is 0 Å². The van der Waals surface area contributed by atoms with E-state index in [0.29, 0.717) is 32.1 Å². The second kappa shape index (κ2) is 13.8. The van der Waals surface area contributed by atoms with Gasteiger partial charge in [0.2, 0.25) is 0 Å². The quantitative estimate of drug-likeness (QED) is 0.255. The maximum absolute atomic E-state index is 11.9. The number of ether oxygens (including phenoxy) is 3. The van der Waals surface area contributed by atoms with E-state index in [-0.39, 0.29) is 18.2 Å². The second-order valence-electron chi connectivity index (χ2n) is 10.5. The largest absolute Gasteiger partial charge is 0.460 e. The van der Waals surface area contributed by atoms with Crippen LogP contribution >= 0.6 is 15.9 Å². The Kier molecular flexibility index (Phi) is 11.1. The van der Waals surface area contributed by atoms with Gasteiger partial charge in [-0.1, -0.05) is 53.1 Å². The number of esters is 1. The van der Waals surface area contributed by atoms with Crippen molar-refractivity contribution in [1.82, 2.24) is 4.90 Å². The summed E-state index contributed by atoms with van der Waals surface area (Å²) in [4.78, 5) is 14.5. The van der Waals surface area contributed by atoms with Crippen LogP contribution in [0.25, 0.3) is 0 Å². The molecule has 190 valence electrons. The van der Waals surface area contributed by atoms with Crippen LogP contribution in [0.1, 0.15) is 77.7 Å². The number of benzene rings is 1. The van der Waals surface area contributed by atoms with Crippen molar-refractivity contribution in [2.24, 2.45) is 0 Å². The first kappa shape index (κ1) is 27.4. The first-order chi connectivity index (χ1) is 16.3. The third kappa shape index (κ3) is 9.44. The van der Waals surface area contributed by atoms with Crippen molar-refractivity contribution in [3.63, 3.8) is 0 Å². The van der Waals surface area contributed by atoms with E-state index in [1.165, 1.54) is 31.2 Å². The van der Waals surface area contributed by atoms with Gasteiger partial charge in [0.15, 0.2) is 0 Å². The van der Waals surface area contributed by atoms with Crippen LogP contribution < -0.4 is 0 Å². The molecule has 0 N–H and O–H groups in total. The Morgan fingerprint density at radius 1 is 1.09 bits per heavy atom. The fourth-order valence-corrected chi connectivity index (χ4v) is 5.35. The number of halogens is 1. The first-order valence-electron chi connectivity index (χ1n) is 12.9. The molecule has 1 aromatic carbocycles. The smallest absolute Gasteiger partial charge is 0.306 e. The highest BCUT2D eigenvalue weighted by Crippen LogP contribution is 2.32. The van der Waals surface area contributed by atoms with Gasteiger partial charge in [-0.05, 0) is 83.7 Å². The summed E-state index contributed by atoms with van der Waals surface area (Å²) < 4.78 is 19.3. The topological polar surface area (TPSA) is 48.0 Å². The van der Waals surface area contributed by atoms with Gasteiger partial charge in [0, 0.05) is 16.9 Å². The van der Waals surface area contributed by atoms with Crippen LogP contribution in [0.15, 0.2) is 40.9 Å². The number of carbonyl (C=O) groups is 1. The van der Waals surface area contributed by atoms with Crippen LogP contribution in [0.5, 0.6) is 0 Å². The van der Waals surface area contributed by atoms with E-state index in [9.17, 15) is 4.79 Å². The second-order valence-corrected chi connectivity index (χ2v) is 11.4. The summed E-state index contributed by atoms with van der Waals surface area (Å²) in [7, 11) is 0. The molecule has 2 fully saturated rings. The van der Waals surface area contributed by atoms with Crippen LogP contribution in [0.2, 0.25) is 0 Å². The van der Waals surface area contributed by atoms with E-state index >= 15 is 0 Å². The minimum absolute atomic E-state index is 0.0701. The molecular weight excluding hydrogens is 494 g/mol. The monoisotopic (exact) mass is 535 g/mol. The lowest BCUT2D eigenvalue weighted by Gasteiger charge is -2.33. The molecule has 34 heavy (non-hydrogen) atoms. The number of nitrogens with zero attached hydrogens (tertiary/aromatic N) is 1. The molecule has 1 heterocycles. The van der Waals surface area contributed by atoms with Gasteiger partial charge in [0.05, 0.1) is 25.4 Å². The summed E-state index contributed by atoms with van der Waals surface area (Å²) in [5.41, 5.74) is 0.743. The Hall–Kier alpha value is -1.21. The molecule has 1 saturated carbocycles. The van der Waals surface area contributed by atoms with Gasteiger partial charge >= 0.3 is 5.97 Å². The van der Waals surface area contributed by atoms with Crippen LogP contribution in [-0.4, -0.2) is 54.4 Å². The zero-order chi connectivity index (χ0) is 24.4. The summed E-state index contributed by atoms with van der Waals surface area (Å²) in [5.74, 6) is -0.156. The SMILES string of the molecule is CC(C)(C)OC(=O)CCC=CCO[C@H]1[C@H](OCc2cccc(Br)c2)CC[C@@H]1N1CCCCCC1. The van der Waals surface area contributed by atoms with Crippen LogP contribution in [-0.2, 0) is 25.6 Å². The van der Waals surface area contributed by atoms with E-state index in [1.54, 1.807) is 0 Å². The number of likely N-dealkylation sites (tertiary alicyclic amines) is 1. The molecule has 1 aliphatic heterocycles. The number of allylic oxidation sites excluding steroid dienone is 1. The molecule has 6 heteroatoms. The Morgan fingerprint density at radius 3 is 2.56 bits per heavy atom. The lowest BCUT2D eigenvalue weighted by atomic mass is 10.1. The Morgan fingerprint density at radius 2 is 1.85 bits per heavy atom. The minimum Gasteiger partial charge on any atom is -0.460 e. The molecule has 0 aromatic heterocycles. The normalized spacial score (nSPS) is 24.4. The van der Waals surface area contributed by atoms with Gasteiger partial charge in [-0.3, -0.25) is 9.69 Å². The highest BCUT2D eigenvalue weighted by atomic mass is 79.9. The van der Waals surface area contributed by atoms with E-state index in [2.05, 4.69) is 33.0 Å². The average molecular weight is 537 g/mol. The number of hydrogen-bond donors (Lipinski definition) is 0. The Bertz CT molecular complexity index is 783. The predicted molar refractivity (Wildman–Crippen MR) is 140 cm³/mol. The first-order valence-corrected chi connectivity index (χ1v) is 13.7. The summed E-state index contributed by atoms with van der Waals surface area (Å²) in [6.45, 7) is 9.15. The molecule has 5 nitrogen and oxygen atoms in total. The molecule has 0 amide bonds. The van der Waals surface area contributed by atoms with Crippen LogP contribution in [0.4, 0.5) is 0 Å². The lowest BCUT2D eigenvalue weighted by molar-refractivity contribution is -0.154. The molecule has 1 saturated heterocycles. The summed E-state index contributed by atoms with van der Waals surface area (Å²) in [5, 5.41) is 0. The zero-order valence-corrected chi connectivity index (χ0v) is 22.7. The van der Waals surface area contributed by atoms with E-state index in [0.717, 1.165) is 30.4 Å². The Labute approximate surface area is 214 Å². The molecule has 0 bridgehead atoms. The molecule has 1 aliphatic carbocycles. The van der Waals surface area contributed by atoms with Crippen molar-refractivity contribution in [3.05, 3.63) is 46.5 Å². The Balaban J connectivity index is 1.53. The standard InChI is InChI=1S/C28H42BrNO4/c1-28(2,3)34-26(31)14-7-6-10-19-32-27-24(30-17-8-4-5-9-18-30)15-16-25(27)33-21-22-12-11-13-23(29)20-22/h6,10-13,20,24-25,27H,4-5,7-9,14-19,21H2,1-3H3/t24-,25+,27+/m0/s1. The van der Waals surface area contributed by atoms with Gasteiger partial charge < -0.3 is 14.2 Å². The maximum atomic E-state index is 11.9. The predicted octanol–water partition coefficient (Wildman–Crippen LogP) is 6.44. The molecule has 0 radical (unpaired) electrons.